The van der Waals surface area contributed by atoms with E-state index in [0.29, 0.717) is 12.1 Å². The summed E-state index contributed by atoms with van der Waals surface area (Å²) in [5.74, 6) is 2.09. The maximum atomic E-state index is 4.95. The van der Waals surface area contributed by atoms with E-state index in [-0.39, 0.29) is 0 Å². The minimum absolute atomic E-state index is 0.380. The van der Waals surface area contributed by atoms with E-state index >= 15 is 0 Å². The average molecular weight is 294 g/mol. The number of aryl methyl sites for hydroxylation is 1. The molecule has 0 saturated heterocycles. The third kappa shape index (κ3) is 3.16. The lowest BCUT2D eigenvalue weighted by Gasteiger charge is -2.33. The molecule has 2 aliphatic rings. The minimum atomic E-state index is 0.380. The first-order chi connectivity index (χ1) is 9.22. The van der Waals surface area contributed by atoms with E-state index in [9.17, 15) is 0 Å². The number of fused-ring (bicyclic) bond motifs is 1. The Bertz CT molecular complexity index is 466. The molecule has 1 aliphatic heterocycles. The van der Waals surface area contributed by atoms with Crippen LogP contribution in [0.25, 0.3) is 0 Å². The van der Waals surface area contributed by atoms with E-state index in [2.05, 4.69) is 31.3 Å². The topological polar surface area (TPSA) is 24.4 Å². The van der Waals surface area contributed by atoms with Crippen LogP contribution in [0.1, 0.15) is 48.4 Å². The molecule has 1 fully saturated rings. The summed E-state index contributed by atoms with van der Waals surface area (Å²) in [4.78, 5) is 7.74. The van der Waals surface area contributed by atoms with Crippen LogP contribution >= 0.6 is 23.1 Å². The van der Waals surface area contributed by atoms with Gasteiger partial charge in [-0.3, -0.25) is 4.99 Å². The first-order valence-corrected chi connectivity index (χ1v) is 9.06. The Kier molecular flexibility index (Phi) is 4.18. The SMILES string of the molecule is Cc1ccc(C(C)NC2=NC3CCCCC3CS2)s1. The highest BCUT2D eigenvalue weighted by molar-refractivity contribution is 8.13. The van der Waals surface area contributed by atoms with Gasteiger partial charge in [0.15, 0.2) is 5.17 Å². The smallest absolute Gasteiger partial charge is 0.157 e. The van der Waals surface area contributed by atoms with Gasteiger partial charge in [-0.2, -0.15) is 0 Å². The Morgan fingerprint density at radius 1 is 1.32 bits per heavy atom. The maximum Gasteiger partial charge on any atom is 0.157 e. The number of thioether (sulfide) groups is 1. The molecule has 3 atom stereocenters. The van der Waals surface area contributed by atoms with Crippen molar-refractivity contribution in [1.82, 2.24) is 5.32 Å². The second kappa shape index (κ2) is 5.88. The van der Waals surface area contributed by atoms with Crippen LogP contribution in [0.5, 0.6) is 0 Å². The number of hydrogen-bond acceptors (Lipinski definition) is 4. The summed E-state index contributed by atoms with van der Waals surface area (Å²) >= 11 is 3.80. The monoisotopic (exact) mass is 294 g/mol. The van der Waals surface area contributed by atoms with Gasteiger partial charge in [0, 0.05) is 15.5 Å². The summed E-state index contributed by atoms with van der Waals surface area (Å²) in [5.41, 5.74) is 0. The van der Waals surface area contributed by atoms with E-state index in [1.807, 2.05) is 23.1 Å². The molecule has 1 saturated carbocycles. The van der Waals surface area contributed by atoms with Gasteiger partial charge in [0.1, 0.15) is 0 Å². The van der Waals surface area contributed by atoms with Gasteiger partial charge >= 0.3 is 0 Å². The third-order valence-corrected chi connectivity index (χ3v) is 6.39. The molecule has 2 heterocycles. The first kappa shape index (κ1) is 13.5. The van der Waals surface area contributed by atoms with Crippen LogP contribution in [-0.4, -0.2) is 17.0 Å². The highest BCUT2D eigenvalue weighted by Gasteiger charge is 2.29. The number of amidine groups is 1. The predicted octanol–water partition coefficient (Wildman–Crippen LogP) is 4.37. The first-order valence-electron chi connectivity index (χ1n) is 7.26. The second-order valence-electron chi connectivity index (χ2n) is 5.67. The van der Waals surface area contributed by atoms with Crippen LogP contribution in [0, 0.1) is 12.8 Å². The zero-order chi connectivity index (χ0) is 13.2. The van der Waals surface area contributed by atoms with Crippen molar-refractivity contribution in [3.63, 3.8) is 0 Å². The number of aliphatic imine (C=N–C) groups is 1. The fourth-order valence-corrected chi connectivity index (χ4v) is 5.06. The zero-order valence-electron chi connectivity index (χ0n) is 11.7. The van der Waals surface area contributed by atoms with Crippen LogP contribution in [0.3, 0.4) is 0 Å². The van der Waals surface area contributed by atoms with Gasteiger partial charge in [0.2, 0.25) is 0 Å². The zero-order valence-corrected chi connectivity index (χ0v) is 13.3. The van der Waals surface area contributed by atoms with Gasteiger partial charge in [0.25, 0.3) is 0 Å². The molecule has 1 aromatic heterocycles. The van der Waals surface area contributed by atoms with E-state index in [4.69, 9.17) is 4.99 Å². The summed E-state index contributed by atoms with van der Waals surface area (Å²) in [5, 5.41) is 4.77. The lowest BCUT2D eigenvalue weighted by Crippen LogP contribution is -2.35. The predicted molar refractivity (Wildman–Crippen MR) is 86.2 cm³/mol. The Labute approximate surface area is 124 Å². The minimum Gasteiger partial charge on any atom is -0.358 e. The van der Waals surface area contributed by atoms with Crippen molar-refractivity contribution >= 4 is 28.3 Å². The largest absolute Gasteiger partial charge is 0.358 e. The van der Waals surface area contributed by atoms with Crippen LogP contribution in [0.4, 0.5) is 0 Å². The van der Waals surface area contributed by atoms with Gasteiger partial charge in [-0.15, -0.1) is 11.3 Å². The van der Waals surface area contributed by atoms with Crippen molar-refractivity contribution in [2.24, 2.45) is 10.9 Å². The van der Waals surface area contributed by atoms with Crippen LogP contribution in [0.2, 0.25) is 0 Å². The van der Waals surface area contributed by atoms with Crippen LogP contribution in [0.15, 0.2) is 17.1 Å². The standard InChI is InChI=1S/C15H22N2S2/c1-10-7-8-14(19-10)11(2)16-15-17-13-6-4-3-5-12(13)9-18-15/h7-8,11-13H,3-6,9H2,1-2H3,(H,16,17). The van der Waals surface area contributed by atoms with Crippen molar-refractivity contribution in [1.29, 1.82) is 0 Å². The molecule has 0 aromatic carbocycles. The number of nitrogens with one attached hydrogen (secondary N) is 1. The molecule has 0 spiro atoms. The van der Waals surface area contributed by atoms with Crippen molar-refractivity contribution in [3.8, 4) is 0 Å². The highest BCUT2D eigenvalue weighted by atomic mass is 32.2. The molecule has 2 nitrogen and oxygen atoms in total. The Morgan fingerprint density at radius 2 is 2.16 bits per heavy atom. The molecule has 0 radical (unpaired) electrons. The normalized spacial score (nSPS) is 28.4. The van der Waals surface area contributed by atoms with E-state index in [1.165, 1.54) is 46.4 Å². The summed E-state index contributed by atoms with van der Waals surface area (Å²) in [6, 6.07) is 5.40. The molecule has 4 heteroatoms. The molecular formula is C15H22N2S2. The van der Waals surface area contributed by atoms with E-state index in [0.717, 1.165) is 5.92 Å². The fourth-order valence-electron chi connectivity index (χ4n) is 2.95. The van der Waals surface area contributed by atoms with E-state index < -0.39 is 0 Å². The fraction of sp³-hybridized carbons (Fsp3) is 0.667. The Hall–Kier alpha value is -0.480. The molecule has 19 heavy (non-hydrogen) atoms. The molecule has 3 rings (SSSR count). The summed E-state index contributed by atoms with van der Waals surface area (Å²) in [6.07, 6.45) is 5.45. The van der Waals surface area contributed by atoms with Crippen molar-refractivity contribution in [3.05, 3.63) is 21.9 Å². The van der Waals surface area contributed by atoms with Gasteiger partial charge in [-0.25, -0.2) is 0 Å². The molecule has 1 aromatic rings. The Balaban J connectivity index is 1.65. The number of nitrogens with zero attached hydrogens (tertiary/aromatic N) is 1. The van der Waals surface area contributed by atoms with Crippen LogP contribution in [-0.2, 0) is 0 Å². The molecule has 0 bridgehead atoms. The summed E-state index contributed by atoms with van der Waals surface area (Å²) < 4.78 is 0. The van der Waals surface area contributed by atoms with Gasteiger partial charge < -0.3 is 5.32 Å². The van der Waals surface area contributed by atoms with Crippen molar-refractivity contribution < 1.29 is 0 Å². The quantitative estimate of drug-likeness (QED) is 0.876. The number of rotatable bonds is 2. The van der Waals surface area contributed by atoms with Crippen LogP contribution < -0.4 is 5.32 Å². The lowest BCUT2D eigenvalue weighted by atomic mass is 9.86. The van der Waals surface area contributed by atoms with E-state index in [1.54, 1.807) is 0 Å². The third-order valence-electron chi connectivity index (χ3n) is 4.11. The van der Waals surface area contributed by atoms with Crippen molar-refractivity contribution in [2.45, 2.75) is 51.6 Å². The van der Waals surface area contributed by atoms with Gasteiger partial charge in [-0.1, -0.05) is 24.6 Å². The van der Waals surface area contributed by atoms with Crippen molar-refractivity contribution in [2.75, 3.05) is 5.75 Å². The molecule has 3 unspecified atom stereocenters. The maximum absolute atomic E-state index is 4.95. The second-order valence-corrected chi connectivity index (χ2v) is 8.00. The summed E-state index contributed by atoms with van der Waals surface area (Å²) in [7, 11) is 0. The molecule has 104 valence electrons. The van der Waals surface area contributed by atoms with Gasteiger partial charge in [-0.05, 0) is 44.7 Å². The Morgan fingerprint density at radius 3 is 2.95 bits per heavy atom. The average Bonchev–Trinajstić information content (AvgIpc) is 2.85. The molecule has 1 N–H and O–H groups in total. The molecule has 1 aliphatic carbocycles. The number of hydrogen-bond donors (Lipinski definition) is 1. The number of thiophene rings is 1. The molecule has 0 amide bonds. The highest BCUT2D eigenvalue weighted by Crippen LogP contribution is 2.34. The van der Waals surface area contributed by atoms with Gasteiger partial charge in [0.05, 0.1) is 12.1 Å². The summed E-state index contributed by atoms with van der Waals surface area (Å²) in [6.45, 7) is 4.40. The molecular weight excluding hydrogens is 272 g/mol. The lowest BCUT2D eigenvalue weighted by molar-refractivity contribution is 0.335.